The lowest BCUT2D eigenvalue weighted by atomic mass is 9.84. The van der Waals surface area contributed by atoms with Crippen molar-refractivity contribution in [3.8, 4) is 0 Å². The van der Waals surface area contributed by atoms with Gasteiger partial charge in [0.2, 0.25) is 0 Å². The Bertz CT molecular complexity index is 1650. The number of carbonyl (C=O) groups excluding carboxylic acids is 2. The summed E-state index contributed by atoms with van der Waals surface area (Å²) in [6, 6.07) is 24.9. The molecule has 33 heavy (non-hydrogen) atoms. The van der Waals surface area contributed by atoms with Crippen molar-refractivity contribution in [2.75, 3.05) is 0 Å². The molecular weight excluding hydrogens is 475 g/mol. The minimum atomic E-state index is -0.180. The number of benzene rings is 4. The Balaban J connectivity index is 0.000000139. The summed E-state index contributed by atoms with van der Waals surface area (Å²) in [5.41, 5.74) is 1.65. The molecule has 1 heterocycles. The van der Waals surface area contributed by atoms with Gasteiger partial charge in [0.25, 0.3) is 0 Å². The van der Waals surface area contributed by atoms with E-state index in [4.69, 9.17) is 23.2 Å². The number of hydrogen-bond acceptors (Lipinski definition) is 4. The summed E-state index contributed by atoms with van der Waals surface area (Å²) in [5, 5.41) is 2.40. The fourth-order valence-electron chi connectivity index (χ4n) is 3.88. The molecule has 5 aromatic rings. The first-order valence-electron chi connectivity index (χ1n) is 10.0. The topological polar surface area (TPSA) is 51.2 Å². The molecule has 160 valence electrons. The Morgan fingerprint density at radius 2 is 1.21 bits per heavy atom. The molecule has 0 fully saturated rings. The lowest BCUT2D eigenvalue weighted by molar-refractivity contribution is 0.0979. The zero-order chi connectivity index (χ0) is 23.1. The smallest absolute Gasteiger partial charge is 0.196 e. The third-order valence-electron chi connectivity index (χ3n) is 5.44. The summed E-state index contributed by atoms with van der Waals surface area (Å²) in [6.45, 7) is 0. The maximum Gasteiger partial charge on any atom is 0.196 e. The Kier molecular flexibility index (Phi) is 5.59. The molecule has 1 aromatic heterocycles. The van der Waals surface area contributed by atoms with Crippen LogP contribution in [0, 0.1) is 0 Å². The van der Waals surface area contributed by atoms with Gasteiger partial charge >= 0.3 is 0 Å². The number of ketones is 2. The van der Waals surface area contributed by atoms with Crippen molar-refractivity contribution in [3.63, 3.8) is 0 Å². The number of halogens is 2. The van der Waals surface area contributed by atoms with Crippen molar-refractivity contribution in [2.45, 2.75) is 0 Å². The van der Waals surface area contributed by atoms with Gasteiger partial charge in [-0.2, -0.15) is 0 Å². The van der Waals surface area contributed by atoms with Crippen LogP contribution in [0.2, 0.25) is 10.0 Å². The normalized spacial score (nSPS) is 12.2. The minimum absolute atomic E-state index is 0.0619. The molecule has 6 heteroatoms. The van der Waals surface area contributed by atoms with Gasteiger partial charge < -0.3 is 0 Å². The van der Waals surface area contributed by atoms with E-state index in [9.17, 15) is 14.4 Å². The van der Waals surface area contributed by atoms with Crippen LogP contribution in [0.5, 0.6) is 0 Å². The van der Waals surface area contributed by atoms with E-state index in [1.165, 1.54) is 0 Å². The van der Waals surface area contributed by atoms with Crippen LogP contribution in [-0.4, -0.2) is 11.6 Å². The van der Waals surface area contributed by atoms with Gasteiger partial charge in [-0.05, 0) is 36.4 Å². The lowest BCUT2D eigenvalue weighted by Crippen LogP contribution is -2.21. The summed E-state index contributed by atoms with van der Waals surface area (Å²) < 4.78 is 2.00. The Labute approximate surface area is 202 Å². The second kappa shape index (κ2) is 8.56. The second-order valence-electron chi connectivity index (χ2n) is 7.43. The number of hydrogen-bond donors (Lipinski definition) is 0. The minimum Gasteiger partial charge on any atom is -0.289 e. The fraction of sp³-hybridized carbons (Fsp3) is 0. The van der Waals surface area contributed by atoms with E-state index in [1.54, 1.807) is 59.9 Å². The zero-order valence-electron chi connectivity index (χ0n) is 17.0. The van der Waals surface area contributed by atoms with Crippen LogP contribution >= 0.6 is 34.5 Å². The van der Waals surface area contributed by atoms with Crippen LogP contribution in [0.3, 0.4) is 0 Å². The Morgan fingerprint density at radius 1 is 0.576 bits per heavy atom. The van der Waals surface area contributed by atoms with Gasteiger partial charge in [0.05, 0.1) is 10.6 Å². The molecule has 0 radical (unpaired) electrons. The molecule has 0 amide bonds. The van der Waals surface area contributed by atoms with Crippen LogP contribution < -0.4 is 5.43 Å². The van der Waals surface area contributed by atoms with Crippen molar-refractivity contribution in [1.29, 1.82) is 0 Å². The van der Waals surface area contributed by atoms with Gasteiger partial charge in [0, 0.05) is 41.9 Å². The standard InChI is InChI=1S/C14H7ClO2.C13H7ClOS/c15-11-7-3-6-10-12(11)14(17)9-5-2-1-4-8(9)13(10)16;14-8-5-6-12-10(7-8)13(15)9-3-1-2-4-11(9)16-12/h1-7H;1-7H. The highest BCUT2D eigenvalue weighted by atomic mass is 35.5. The number of fused-ring (bicyclic) bond motifs is 4. The maximum atomic E-state index is 12.2. The largest absolute Gasteiger partial charge is 0.289 e. The van der Waals surface area contributed by atoms with Gasteiger partial charge in [-0.15, -0.1) is 11.3 Å². The summed E-state index contributed by atoms with van der Waals surface area (Å²) in [7, 11) is 0. The molecule has 0 saturated heterocycles. The highest BCUT2D eigenvalue weighted by Gasteiger charge is 2.30. The molecule has 0 aliphatic heterocycles. The van der Waals surface area contributed by atoms with Gasteiger partial charge in [0.15, 0.2) is 17.0 Å². The predicted octanol–water partition coefficient (Wildman–Crippen LogP) is 7.18. The Morgan fingerprint density at radius 3 is 2.00 bits per heavy atom. The summed E-state index contributed by atoms with van der Waals surface area (Å²) >= 11 is 13.5. The monoisotopic (exact) mass is 488 g/mol. The van der Waals surface area contributed by atoms with Crippen LogP contribution in [0.25, 0.3) is 20.2 Å². The molecule has 0 bridgehead atoms. The van der Waals surface area contributed by atoms with Crippen molar-refractivity contribution in [2.24, 2.45) is 0 Å². The summed E-state index contributed by atoms with van der Waals surface area (Å²) in [4.78, 5) is 36.6. The lowest BCUT2D eigenvalue weighted by Gasteiger charge is -2.17. The highest BCUT2D eigenvalue weighted by molar-refractivity contribution is 7.24. The van der Waals surface area contributed by atoms with Gasteiger partial charge in [-0.25, -0.2) is 0 Å². The van der Waals surface area contributed by atoms with E-state index in [1.807, 2.05) is 36.4 Å². The van der Waals surface area contributed by atoms with Crippen LogP contribution in [0.1, 0.15) is 31.8 Å². The van der Waals surface area contributed by atoms with E-state index >= 15 is 0 Å². The van der Waals surface area contributed by atoms with Crippen LogP contribution in [0.15, 0.2) is 89.7 Å². The zero-order valence-corrected chi connectivity index (χ0v) is 19.3. The molecule has 1 aliphatic rings. The van der Waals surface area contributed by atoms with E-state index in [2.05, 4.69) is 0 Å². The fourth-order valence-corrected chi connectivity index (χ4v) is 5.36. The van der Waals surface area contributed by atoms with Crippen molar-refractivity contribution >= 4 is 66.3 Å². The molecule has 4 aromatic carbocycles. The molecule has 3 nitrogen and oxygen atoms in total. The molecule has 0 saturated carbocycles. The molecule has 0 unspecified atom stereocenters. The second-order valence-corrected chi connectivity index (χ2v) is 9.36. The third-order valence-corrected chi connectivity index (χ3v) is 7.14. The number of carbonyl (C=O) groups is 2. The third kappa shape index (κ3) is 3.76. The summed E-state index contributed by atoms with van der Waals surface area (Å²) in [6.07, 6.45) is 0. The van der Waals surface area contributed by atoms with Gasteiger partial charge in [0.1, 0.15) is 0 Å². The number of rotatable bonds is 0. The van der Waals surface area contributed by atoms with Gasteiger partial charge in [-0.3, -0.25) is 14.4 Å². The van der Waals surface area contributed by atoms with E-state index < -0.39 is 0 Å². The van der Waals surface area contributed by atoms with E-state index in [-0.39, 0.29) is 17.0 Å². The SMILES string of the molecule is O=C1c2ccccc2C(=O)c2c(Cl)cccc21.O=c1c2ccccc2sc2ccc(Cl)cc12. The average molecular weight is 489 g/mol. The summed E-state index contributed by atoms with van der Waals surface area (Å²) in [5.74, 6) is -0.321. The Hall–Kier alpha value is -3.31. The first kappa shape index (κ1) is 21.5. The average Bonchev–Trinajstić information content (AvgIpc) is 2.83. The van der Waals surface area contributed by atoms with Crippen LogP contribution in [0.4, 0.5) is 0 Å². The molecule has 1 aliphatic carbocycles. The molecule has 0 spiro atoms. The molecule has 0 N–H and O–H groups in total. The quantitative estimate of drug-likeness (QED) is 0.212. The molecule has 0 atom stereocenters. The van der Waals surface area contributed by atoms with Crippen LogP contribution in [-0.2, 0) is 0 Å². The van der Waals surface area contributed by atoms with E-state index in [0.29, 0.717) is 37.7 Å². The van der Waals surface area contributed by atoms with E-state index in [0.717, 1.165) is 14.8 Å². The van der Waals surface area contributed by atoms with Crippen molar-refractivity contribution in [3.05, 3.63) is 127 Å². The van der Waals surface area contributed by atoms with Gasteiger partial charge in [-0.1, -0.05) is 71.7 Å². The maximum absolute atomic E-state index is 12.2. The van der Waals surface area contributed by atoms with Crippen molar-refractivity contribution < 1.29 is 9.59 Å². The van der Waals surface area contributed by atoms with Crippen molar-refractivity contribution in [1.82, 2.24) is 0 Å². The first-order chi connectivity index (χ1) is 16.0. The predicted molar refractivity (Wildman–Crippen MR) is 135 cm³/mol. The highest BCUT2D eigenvalue weighted by Crippen LogP contribution is 2.31. The molecular formula is C27H14Cl2O3S. The first-order valence-corrected chi connectivity index (χ1v) is 11.6. The molecule has 6 rings (SSSR count).